The summed E-state index contributed by atoms with van der Waals surface area (Å²) in [5.41, 5.74) is 1.34. The molecular formula is C44H90O. The Morgan fingerprint density at radius 2 is 0.444 bits per heavy atom. The second kappa shape index (κ2) is 33.8. The summed E-state index contributed by atoms with van der Waals surface area (Å²) in [6.07, 6.45) is 48.4. The lowest BCUT2D eigenvalue weighted by molar-refractivity contribution is 0.125. The zero-order valence-electron chi connectivity index (χ0n) is 32.9. The van der Waals surface area contributed by atoms with Crippen molar-refractivity contribution in [2.45, 2.75) is 260 Å². The van der Waals surface area contributed by atoms with Crippen molar-refractivity contribution in [3.05, 3.63) is 0 Å². The molecule has 0 aliphatic heterocycles. The van der Waals surface area contributed by atoms with E-state index in [1.54, 1.807) is 0 Å². The van der Waals surface area contributed by atoms with Crippen LogP contribution in [0, 0.1) is 10.8 Å². The fourth-order valence-corrected chi connectivity index (χ4v) is 8.09. The van der Waals surface area contributed by atoms with Gasteiger partial charge in [0.05, 0.1) is 0 Å². The van der Waals surface area contributed by atoms with Gasteiger partial charge in [-0.3, -0.25) is 0 Å². The molecular weight excluding hydrogens is 544 g/mol. The van der Waals surface area contributed by atoms with E-state index in [4.69, 9.17) is 4.74 Å². The number of hydrogen-bond donors (Lipinski definition) is 0. The Bertz CT molecular complexity index is 462. The Kier molecular flexibility index (Phi) is 33.8. The summed E-state index contributed by atoms with van der Waals surface area (Å²) in [6.45, 7) is 16.2. The zero-order valence-corrected chi connectivity index (χ0v) is 32.9. The van der Waals surface area contributed by atoms with Crippen LogP contribution in [-0.4, -0.2) is 13.2 Å². The van der Waals surface area contributed by atoms with E-state index in [2.05, 4.69) is 41.5 Å². The van der Waals surface area contributed by atoms with Crippen LogP contribution in [0.4, 0.5) is 0 Å². The van der Waals surface area contributed by atoms with E-state index in [1.165, 1.54) is 218 Å². The van der Waals surface area contributed by atoms with E-state index in [0.29, 0.717) is 10.8 Å². The van der Waals surface area contributed by atoms with Crippen LogP contribution in [0.2, 0.25) is 0 Å². The second-order valence-electron chi connectivity index (χ2n) is 15.7. The van der Waals surface area contributed by atoms with Gasteiger partial charge in [0.2, 0.25) is 0 Å². The van der Waals surface area contributed by atoms with E-state index in [9.17, 15) is 0 Å². The molecule has 0 radical (unpaired) electrons. The molecule has 1 heteroatoms. The van der Waals surface area contributed by atoms with Gasteiger partial charge in [0.1, 0.15) is 0 Å². The normalized spacial score (nSPS) is 12.4. The molecule has 0 saturated heterocycles. The van der Waals surface area contributed by atoms with Crippen LogP contribution >= 0.6 is 0 Å². The van der Waals surface area contributed by atoms with Crippen LogP contribution in [-0.2, 0) is 4.74 Å². The van der Waals surface area contributed by atoms with Crippen LogP contribution in [0.3, 0.4) is 0 Å². The summed E-state index contributed by atoms with van der Waals surface area (Å²) in [5.74, 6) is 0. The van der Waals surface area contributed by atoms with E-state index < -0.39 is 0 Å². The third-order valence-corrected chi connectivity index (χ3v) is 11.4. The average Bonchev–Trinajstić information content (AvgIpc) is 3.06. The number of ether oxygens (including phenoxy) is 1. The molecule has 1 nitrogen and oxygen atoms in total. The Morgan fingerprint density at radius 3 is 0.689 bits per heavy atom. The summed E-state index contributed by atoms with van der Waals surface area (Å²) >= 11 is 0. The maximum absolute atomic E-state index is 5.99. The molecule has 0 N–H and O–H groups in total. The van der Waals surface area contributed by atoms with Crippen molar-refractivity contribution in [2.75, 3.05) is 13.2 Å². The Hall–Kier alpha value is -0.0400. The molecule has 0 aromatic carbocycles. The highest BCUT2D eigenvalue weighted by molar-refractivity contribution is 4.81. The average molecular weight is 635 g/mol. The van der Waals surface area contributed by atoms with Crippen LogP contribution in [0.5, 0.6) is 0 Å². The van der Waals surface area contributed by atoms with Crippen LogP contribution in [0.1, 0.15) is 260 Å². The molecule has 0 amide bonds. The lowest BCUT2D eigenvalue weighted by Crippen LogP contribution is -2.21. The topological polar surface area (TPSA) is 9.23 Å². The number of hydrogen-bond acceptors (Lipinski definition) is 1. The highest BCUT2D eigenvalue weighted by Gasteiger charge is 2.28. The van der Waals surface area contributed by atoms with Crippen LogP contribution in [0.15, 0.2) is 0 Å². The maximum atomic E-state index is 5.99. The van der Waals surface area contributed by atoms with Gasteiger partial charge in [-0.15, -0.1) is 0 Å². The summed E-state index contributed by atoms with van der Waals surface area (Å²) in [7, 11) is 0. The van der Waals surface area contributed by atoms with Crippen LogP contribution < -0.4 is 0 Å². The first-order valence-electron chi connectivity index (χ1n) is 21.6. The summed E-state index contributed by atoms with van der Waals surface area (Å²) in [5, 5.41) is 0. The number of unbranched alkanes of at least 4 members (excludes halogenated alkanes) is 18. The minimum absolute atomic E-state index is 0.669. The predicted octanol–water partition coefficient (Wildman–Crippen LogP) is 16.4. The smallest absolute Gasteiger partial charge is 0.0466 e. The molecule has 0 fully saturated rings. The lowest BCUT2D eigenvalue weighted by atomic mass is 9.71. The van der Waals surface area contributed by atoms with E-state index in [1.807, 2.05) is 0 Å². The molecule has 0 atom stereocenters. The Labute approximate surface area is 288 Å². The van der Waals surface area contributed by atoms with Gasteiger partial charge in [-0.25, -0.2) is 0 Å². The van der Waals surface area contributed by atoms with E-state index >= 15 is 0 Å². The van der Waals surface area contributed by atoms with Crippen molar-refractivity contribution in [2.24, 2.45) is 10.8 Å². The fraction of sp³-hybridized carbons (Fsp3) is 1.00. The largest absolute Gasteiger partial charge is 0.381 e. The molecule has 0 aliphatic rings. The van der Waals surface area contributed by atoms with Gasteiger partial charge in [-0.2, -0.15) is 0 Å². The first-order valence-corrected chi connectivity index (χ1v) is 21.6. The van der Waals surface area contributed by atoms with Crippen molar-refractivity contribution in [1.29, 1.82) is 0 Å². The molecule has 0 aliphatic carbocycles. The van der Waals surface area contributed by atoms with Crippen molar-refractivity contribution >= 4 is 0 Å². The molecule has 0 bridgehead atoms. The van der Waals surface area contributed by atoms with Gasteiger partial charge in [-0.05, 0) is 75.0 Å². The molecule has 0 aromatic heterocycles. The first-order chi connectivity index (χ1) is 22.1. The Morgan fingerprint density at radius 1 is 0.244 bits per heavy atom. The standard InChI is InChI=1S/C44H90O/c1-7-13-33-43(34-14-8-2,35-15-9-3)39-29-25-21-19-23-27-31-41-45-42-32-28-24-20-22-26-30-40-44(36-16-10-4,37-17-11-5)38-18-12-6/h7-42H2,1-6H3. The van der Waals surface area contributed by atoms with Crippen molar-refractivity contribution < 1.29 is 4.74 Å². The first kappa shape index (κ1) is 45.0. The highest BCUT2D eigenvalue weighted by atomic mass is 16.5. The minimum atomic E-state index is 0.669. The van der Waals surface area contributed by atoms with Gasteiger partial charge in [-0.1, -0.05) is 196 Å². The molecule has 45 heavy (non-hydrogen) atoms. The third kappa shape index (κ3) is 26.6. The SMILES string of the molecule is CCCCC(CCCC)(CCCC)CCCCCCCCCOCCCCCCCCCC(CCCC)(CCCC)CCCC. The quantitative estimate of drug-likeness (QED) is 0.0614. The zero-order chi connectivity index (χ0) is 33.2. The second-order valence-corrected chi connectivity index (χ2v) is 15.7. The highest BCUT2D eigenvalue weighted by Crippen LogP contribution is 2.42. The summed E-state index contributed by atoms with van der Waals surface area (Å²) in [6, 6.07) is 0. The Balaban J connectivity index is 3.80. The fourth-order valence-electron chi connectivity index (χ4n) is 8.09. The molecule has 0 heterocycles. The van der Waals surface area contributed by atoms with E-state index in [0.717, 1.165) is 13.2 Å². The van der Waals surface area contributed by atoms with Crippen LogP contribution in [0.25, 0.3) is 0 Å². The van der Waals surface area contributed by atoms with E-state index in [-0.39, 0.29) is 0 Å². The molecule has 0 aromatic rings. The van der Waals surface area contributed by atoms with Gasteiger partial charge in [0.25, 0.3) is 0 Å². The minimum Gasteiger partial charge on any atom is -0.381 e. The summed E-state index contributed by atoms with van der Waals surface area (Å²) < 4.78 is 5.99. The predicted molar refractivity (Wildman–Crippen MR) is 207 cm³/mol. The van der Waals surface area contributed by atoms with Crippen molar-refractivity contribution in [3.8, 4) is 0 Å². The van der Waals surface area contributed by atoms with Gasteiger partial charge in [0, 0.05) is 13.2 Å². The summed E-state index contributed by atoms with van der Waals surface area (Å²) in [4.78, 5) is 0. The van der Waals surface area contributed by atoms with Crippen molar-refractivity contribution in [1.82, 2.24) is 0 Å². The monoisotopic (exact) mass is 635 g/mol. The van der Waals surface area contributed by atoms with Crippen molar-refractivity contribution in [3.63, 3.8) is 0 Å². The molecule has 0 rings (SSSR count). The van der Waals surface area contributed by atoms with Gasteiger partial charge in [0.15, 0.2) is 0 Å². The lowest BCUT2D eigenvalue weighted by Gasteiger charge is -2.35. The molecule has 0 unspecified atom stereocenters. The molecule has 0 saturated carbocycles. The maximum Gasteiger partial charge on any atom is 0.0466 e. The molecule has 272 valence electrons. The van der Waals surface area contributed by atoms with Gasteiger partial charge >= 0.3 is 0 Å². The van der Waals surface area contributed by atoms with Gasteiger partial charge < -0.3 is 4.74 Å². The number of rotatable bonds is 38. The molecule has 0 spiro atoms. The third-order valence-electron chi connectivity index (χ3n) is 11.4.